The van der Waals surface area contributed by atoms with E-state index in [2.05, 4.69) is 30.6 Å². The van der Waals surface area contributed by atoms with Gasteiger partial charge in [-0.3, -0.25) is 14.4 Å². The Morgan fingerprint density at radius 2 is 1.60 bits per heavy atom. The van der Waals surface area contributed by atoms with Crippen molar-refractivity contribution in [1.29, 1.82) is 0 Å². The van der Waals surface area contributed by atoms with Gasteiger partial charge in [0.05, 0.1) is 98.4 Å². The molecule has 5 N–H and O–H groups in total. The summed E-state index contributed by atoms with van der Waals surface area (Å²) < 4.78 is 79.6. The number of Topliss-reactive ketones (excluding diaryl/α,β-unsaturated/α-hetero) is 1. The van der Waals surface area contributed by atoms with Crippen molar-refractivity contribution >= 4 is 82.6 Å². The molecule has 19 atom stereocenters. The second kappa shape index (κ2) is 31.7. The molecule has 7 rings (SSSR count). The zero-order valence-electron chi connectivity index (χ0n) is 48.8. The van der Waals surface area contributed by atoms with Gasteiger partial charge in [-0.15, -0.1) is 0 Å². The number of halogens is 1. The van der Waals surface area contributed by atoms with Gasteiger partial charge in [0, 0.05) is 61.4 Å². The summed E-state index contributed by atoms with van der Waals surface area (Å²) in [4.78, 5) is 41.7. The quantitative estimate of drug-likeness (QED) is 0.0292. The average Bonchev–Trinajstić information content (AvgIpc) is 1.36. The summed E-state index contributed by atoms with van der Waals surface area (Å²) in [7, 11) is 11.5. The second-order valence-electron chi connectivity index (χ2n) is 20.9. The lowest BCUT2D eigenvalue weighted by atomic mass is 9.72. The average molecular weight is 1370 g/mol. The van der Waals surface area contributed by atoms with Gasteiger partial charge in [0.2, 0.25) is 17.2 Å². The molecule has 0 aromatic heterocycles. The highest BCUT2D eigenvalue weighted by Crippen LogP contribution is 2.49. The molecule has 4 heterocycles. The van der Waals surface area contributed by atoms with E-state index in [0.717, 1.165) is 24.6 Å². The lowest BCUT2D eigenvalue weighted by Gasteiger charge is -2.47. The first-order chi connectivity index (χ1) is 40.2. The third-order valence-electron chi connectivity index (χ3n) is 15.6. The van der Waals surface area contributed by atoms with Crippen molar-refractivity contribution in [3.05, 3.63) is 49.6 Å². The van der Waals surface area contributed by atoms with Crippen LogP contribution in [0, 0.1) is 46.0 Å². The number of ether oxygens (including phenoxy) is 13. The molecule has 1 aromatic rings. The summed E-state index contributed by atoms with van der Waals surface area (Å²) in [6, 6.07) is 0. The number of aliphatic hydroxyl groups is 5. The Morgan fingerprint density at radius 3 is 2.26 bits per heavy atom. The number of thioether (sulfide) groups is 1. The van der Waals surface area contributed by atoms with Crippen LogP contribution < -0.4 is 14.2 Å². The Bertz CT molecular complexity index is 2700. The fourth-order valence-corrected chi connectivity index (χ4v) is 15.4. The van der Waals surface area contributed by atoms with E-state index in [0.29, 0.717) is 27.9 Å². The van der Waals surface area contributed by atoms with Gasteiger partial charge >= 0.3 is 5.97 Å². The Kier molecular flexibility index (Phi) is 26.0. The number of methoxy groups -OCH3 is 5. The molecule has 0 saturated carbocycles. The molecule has 4 fully saturated rings. The maximum Gasteiger partial charge on any atom is 0.310 e. The smallest absolute Gasteiger partial charge is 0.310 e. The topological polar surface area (TPSA) is 272 Å². The lowest BCUT2D eigenvalue weighted by molar-refractivity contribution is -0.339. The fraction of sp³-hybridized carbons (Fsp3) is 0.672. The van der Waals surface area contributed by atoms with Crippen LogP contribution >= 0.6 is 65.8 Å². The van der Waals surface area contributed by atoms with Gasteiger partial charge in [0.25, 0.3) is 0 Å². The summed E-state index contributed by atoms with van der Waals surface area (Å²) >= 11 is 2.87. The van der Waals surface area contributed by atoms with E-state index in [1.54, 1.807) is 40.9 Å². The van der Waals surface area contributed by atoms with Crippen LogP contribution in [-0.4, -0.2) is 206 Å². The number of hydrogen-bond acceptors (Lipinski definition) is 25. The van der Waals surface area contributed by atoms with Crippen LogP contribution in [-0.2, 0) is 57.0 Å². The van der Waals surface area contributed by atoms with Crippen molar-refractivity contribution in [3.8, 4) is 40.9 Å². The monoisotopic (exact) mass is 1360 g/mol. The molecule has 2 bridgehead atoms. The van der Waals surface area contributed by atoms with Crippen LogP contribution in [0.15, 0.2) is 34.9 Å². The van der Waals surface area contributed by atoms with Crippen LogP contribution in [0.4, 0.5) is 0 Å². The minimum absolute atomic E-state index is 0.0185. The zero-order valence-corrected chi connectivity index (χ0v) is 54.2. The van der Waals surface area contributed by atoms with Crippen molar-refractivity contribution in [2.75, 3.05) is 60.8 Å². The summed E-state index contributed by atoms with van der Waals surface area (Å²) in [5.41, 5.74) is -1.02. The van der Waals surface area contributed by atoms with Crippen LogP contribution in [0.5, 0.6) is 17.2 Å². The van der Waals surface area contributed by atoms with Gasteiger partial charge in [0.15, 0.2) is 41.8 Å². The Hall–Kier alpha value is -2.66. The zero-order chi connectivity index (χ0) is 61.2. The highest BCUT2D eigenvalue weighted by Gasteiger charge is 2.52. The van der Waals surface area contributed by atoms with Gasteiger partial charge < -0.3 is 87.1 Å². The number of carbonyl (C=O) groups is 3. The first-order valence-corrected chi connectivity index (χ1v) is 33.6. The highest BCUT2D eigenvalue weighted by molar-refractivity contribution is 14.1. The van der Waals surface area contributed by atoms with Crippen molar-refractivity contribution < 1.29 is 101 Å². The molecule has 6 aliphatic rings. The van der Waals surface area contributed by atoms with Crippen LogP contribution in [0.1, 0.15) is 82.1 Å². The van der Waals surface area contributed by atoms with Gasteiger partial charge in [0.1, 0.15) is 30.5 Å². The molecule has 2 aliphatic carbocycles. The van der Waals surface area contributed by atoms with Crippen LogP contribution in [0.3, 0.4) is 0 Å². The molecular formula is C58H77IO21S4. The maximum absolute atomic E-state index is 14.5. The van der Waals surface area contributed by atoms with E-state index in [4.69, 9.17) is 61.6 Å². The van der Waals surface area contributed by atoms with E-state index >= 15 is 0 Å². The van der Waals surface area contributed by atoms with Gasteiger partial charge in [-0.2, -0.15) is 0 Å². The predicted octanol–water partition coefficient (Wildman–Crippen LogP) is 5.63. The molecule has 4 aliphatic heterocycles. The number of ketones is 1. The summed E-state index contributed by atoms with van der Waals surface area (Å²) in [6.45, 7) is 8.99. The van der Waals surface area contributed by atoms with Gasteiger partial charge in [-0.25, -0.2) is 0 Å². The maximum atomic E-state index is 14.5. The molecule has 0 spiro atoms. The minimum atomic E-state index is -2.00. The third-order valence-corrected chi connectivity index (χ3v) is 22.0. The standard InChI is InChI=1S/C58H77IO21S4/c1-12-17-32-26-73-42(24-39(32)68-6)79-52-47(64)34(29(3)76-57(52)78-38-18-15-13-14-16-20-58(67)25-37(61)33(22-40(62)69-7)44(38)35(58)19-21-82-84-81-11)27-74-41-23-36(60)54(31(5)75-41)83-55(66)43-28(2)45(59)50(53(72-10)49(43)70-8)80-56-48(65)51(71-9)46(63)30(4)77-56/h13-14,19,29-32,34,36,38-39,41-42,46-48,51-52,54,56-57,60,63-65,67H,12,17,21-27H2,1-11H3/b14-13-,35-19+/t29?,30?,31?,32?,34?,36?,38-,39?,41?,42?,46?,47?,48?,51?,52?,54?,56?,57?,58-/m0/s1. The third kappa shape index (κ3) is 15.8. The van der Waals surface area contributed by atoms with Gasteiger partial charge in [-0.1, -0.05) is 76.5 Å². The highest BCUT2D eigenvalue weighted by atomic mass is 127. The SMILES string of the molecule is CCCC1COC(OC2C(O[C@H]3C#C/C=C\C#C[C@]4(O)CC(=O)C(CC(=O)OC)=C3/C4=C\CSSSC)OC(C)C(COC3CC(O)C(SC(=O)c4c(C)c(I)c(OC5OC(C)C(O)C(OC)C5O)c(OC)c4OC)C(C)O3)C2O)CC1OC. The summed E-state index contributed by atoms with van der Waals surface area (Å²) in [5.74, 6) is 10.3. The van der Waals surface area contributed by atoms with Crippen molar-refractivity contribution in [1.82, 2.24) is 0 Å². The summed E-state index contributed by atoms with van der Waals surface area (Å²) in [5, 5.41) is 57.0. The number of carbonyl (C=O) groups excluding carboxylic acids is 3. The minimum Gasteiger partial charge on any atom is -0.492 e. The molecule has 0 radical (unpaired) electrons. The normalized spacial score (nSPS) is 36.0. The second-order valence-corrected chi connectivity index (χ2v) is 27.5. The molecule has 17 unspecified atom stereocenters. The molecule has 4 saturated heterocycles. The number of rotatable bonds is 23. The van der Waals surface area contributed by atoms with Crippen LogP contribution in [0.2, 0.25) is 0 Å². The Balaban J connectivity index is 1.12. The number of aliphatic hydroxyl groups excluding tert-OH is 4. The summed E-state index contributed by atoms with van der Waals surface area (Å²) in [6.07, 6.45) is -8.18. The van der Waals surface area contributed by atoms with Crippen molar-refractivity contribution in [2.45, 2.75) is 176 Å². The van der Waals surface area contributed by atoms with E-state index < -0.39 is 133 Å². The Morgan fingerprint density at radius 1 is 0.869 bits per heavy atom. The fourth-order valence-electron chi connectivity index (χ4n) is 11.2. The number of allylic oxidation sites excluding steroid dienone is 2. The molecule has 21 nitrogen and oxygen atoms in total. The van der Waals surface area contributed by atoms with Crippen LogP contribution in [0.25, 0.3) is 0 Å². The molecule has 466 valence electrons. The molecule has 1 aromatic carbocycles. The lowest BCUT2D eigenvalue weighted by Crippen LogP contribution is -2.59. The van der Waals surface area contributed by atoms with E-state index in [9.17, 15) is 39.9 Å². The molecular weight excluding hydrogens is 1290 g/mol. The largest absolute Gasteiger partial charge is 0.492 e. The van der Waals surface area contributed by atoms with Crippen molar-refractivity contribution in [2.24, 2.45) is 11.8 Å². The van der Waals surface area contributed by atoms with Crippen molar-refractivity contribution in [3.63, 3.8) is 0 Å². The van der Waals surface area contributed by atoms with E-state index in [1.165, 1.54) is 72.0 Å². The molecule has 26 heteroatoms. The van der Waals surface area contributed by atoms with E-state index in [1.807, 2.05) is 28.8 Å². The first kappa shape index (κ1) is 68.8. The number of hydrogen-bond donors (Lipinski definition) is 5. The van der Waals surface area contributed by atoms with E-state index in [-0.39, 0.29) is 64.6 Å². The molecule has 0 amide bonds. The predicted molar refractivity (Wildman–Crippen MR) is 323 cm³/mol. The number of esters is 1. The molecule has 84 heavy (non-hydrogen) atoms. The van der Waals surface area contributed by atoms with Gasteiger partial charge in [-0.05, 0) is 90.5 Å². The number of fused-ring (bicyclic) bond motifs is 2. The Labute approximate surface area is 520 Å². The first-order valence-electron chi connectivity index (χ1n) is 27.6. The number of benzene rings is 1.